The molecule has 3 aliphatic rings. The van der Waals surface area contributed by atoms with Crippen LogP contribution >= 0.6 is 0 Å². The first-order valence-corrected chi connectivity index (χ1v) is 9.57. The van der Waals surface area contributed by atoms with E-state index in [1.54, 1.807) is 0 Å². The second-order valence-corrected chi connectivity index (χ2v) is 7.92. The molecule has 0 aromatic heterocycles. The molecule has 1 aromatic rings. The molecule has 0 radical (unpaired) electrons. The van der Waals surface area contributed by atoms with Crippen LogP contribution in [-0.4, -0.2) is 48.6 Å². The maximum atomic E-state index is 12.4. The highest BCUT2D eigenvalue weighted by molar-refractivity contribution is 5.74. The second kappa shape index (κ2) is 7.14. The first kappa shape index (κ1) is 15.9. The minimum Gasteiger partial charge on any atom is -0.338 e. The van der Waals surface area contributed by atoms with Crippen LogP contribution in [0.4, 0.5) is 4.79 Å². The van der Waals surface area contributed by atoms with Crippen LogP contribution in [0.5, 0.6) is 0 Å². The predicted molar refractivity (Wildman–Crippen MR) is 95.6 cm³/mol. The number of likely N-dealkylation sites (tertiary alicyclic amines) is 2. The van der Waals surface area contributed by atoms with Crippen LogP contribution in [0, 0.1) is 17.8 Å². The van der Waals surface area contributed by atoms with Crippen molar-refractivity contribution in [3.63, 3.8) is 0 Å². The standard InChI is InChI=1S/C20H29N3O/c24-20(23-14-18-7-4-8-19(18)15-23)21-11-17-9-10-22(13-17)12-16-5-2-1-3-6-16/h1-3,5-6,17-19H,4,7-15H2,(H,21,24)/t17-,18+,19+/m0/s1. The van der Waals surface area contributed by atoms with Gasteiger partial charge in [-0.2, -0.15) is 0 Å². The Morgan fingerprint density at radius 1 is 1.04 bits per heavy atom. The van der Waals surface area contributed by atoms with Gasteiger partial charge in [0.15, 0.2) is 0 Å². The Morgan fingerprint density at radius 2 is 1.79 bits per heavy atom. The Morgan fingerprint density at radius 3 is 2.54 bits per heavy atom. The summed E-state index contributed by atoms with van der Waals surface area (Å²) >= 11 is 0. The van der Waals surface area contributed by atoms with Gasteiger partial charge < -0.3 is 10.2 Å². The maximum absolute atomic E-state index is 12.4. The Bertz CT molecular complexity index is 549. The van der Waals surface area contributed by atoms with E-state index in [0.29, 0.717) is 5.92 Å². The lowest BCUT2D eigenvalue weighted by atomic mass is 10.0. The molecule has 2 heterocycles. The number of hydrogen-bond acceptors (Lipinski definition) is 2. The van der Waals surface area contributed by atoms with Crippen molar-refractivity contribution in [2.24, 2.45) is 17.8 Å². The third kappa shape index (κ3) is 3.59. The van der Waals surface area contributed by atoms with Crippen molar-refractivity contribution in [3.8, 4) is 0 Å². The van der Waals surface area contributed by atoms with Gasteiger partial charge in [-0.05, 0) is 49.1 Å². The molecule has 4 heteroatoms. The first-order chi connectivity index (χ1) is 11.8. The Hall–Kier alpha value is -1.55. The number of rotatable bonds is 4. The number of carbonyl (C=O) groups excluding carboxylic acids is 1. The SMILES string of the molecule is O=C(NC[C@@H]1CCN(Cc2ccccc2)C1)N1C[C@H]2CCC[C@@H]2C1. The molecule has 0 bridgehead atoms. The molecule has 2 amide bonds. The van der Waals surface area contributed by atoms with Crippen LogP contribution in [0.3, 0.4) is 0 Å². The predicted octanol–water partition coefficient (Wildman–Crippen LogP) is 2.95. The lowest BCUT2D eigenvalue weighted by Gasteiger charge is -2.20. The molecule has 0 unspecified atom stereocenters. The van der Waals surface area contributed by atoms with E-state index < -0.39 is 0 Å². The molecule has 0 spiro atoms. The van der Waals surface area contributed by atoms with Gasteiger partial charge in [0.1, 0.15) is 0 Å². The minimum atomic E-state index is 0.172. The van der Waals surface area contributed by atoms with E-state index in [0.717, 1.165) is 51.1 Å². The number of carbonyl (C=O) groups is 1. The molecule has 1 N–H and O–H groups in total. The molecular formula is C20H29N3O. The quantitative estimate of drug-likeness (QED) is 0.923. The molecule has 3 atom stereocenters. The second-order valence-electron chi connectivity index (χ2n) is 7.92. The molecule has 3 fully saturated rings. The summed E-state index contributed by atoms with van der Waals surface area (Å²) in [6.45, 7) is 6.07. The van der Waals surface area contributed by atoms with Gasteiger partial charge in [0.2, 0.25) is 0 Å². The van der Waals surface area contributed by atoms with Crippen LogP contribution in [0.15, 0.2) is 30.3 Å². The van der Waals surface area contributed by atoms with Crippen LogP contribution in [-0.2, 0) is 6.54 Å². The number of hydrogen-bond donors (Lipinski definition) is 1. The third-order valence-corrected chi connectivity index (χ3v) is 6.17. The van der Waals surface area contributed by atoms with E-state index >= 15 is 0 Å². The number of benzene rings is 1. The van der Waals surface area contributed by atoms with Crippen LogP contribution in [0.1, 0.15) is 31.2 Å². The maximum Gasteiger partial charge on any atom is 0.317 e. The zero-order valence-electron chi connectivity index (χ0n) is 14.5. The van der Waals surface area contributed by atoms with Gasteiger partial charge in [-0.15, -0.1) is 0 Å². The molecule has 24 heavy (non-hydrogen) atoms. The summed E-state index contributed by atoms with van der Waals surface area (Å²) in [5.41, 5.74) is 1.38. The molecule has 1 aliphatic carbocycles. The van der Waals surface area contributed by atoms with Gasteiger partial charge in [-0.3, -0.25) is 4.90 Å². The number of amides is 2. The molecule has 2 saturated heterocycles. The Balaban J connectivity index is 1.19. The summed E-state index contributed by atoms with van der Waals surface area (Å²) in [6, 6.07) is 10.8. The number of nitrogens with one attached hydrogen (secondary N) is 1. The van der Waals surface area contributed by atoms with Crippen molar-refractivity contribution in [2.45, 2.75) is 32.2 Å². The van der Waals surface area contributed by atoms with Gasteiger partial charge in [0, 0.05) is 32.7 Å². The molecule has 4 rings (SSSR count). The highest BCUT2D eigenvalue weighted by Gasteiger charge is 2.38. The summed E-state index contributed by atoms with van der Waals surface area (Å²) in [5, 5.41) is 3.20. The van der Waals surface area contributed by atoms with Crippen molar-refractivity contribution in [2.75, 3.05) is 32.7 Å². The third-order valence-electron chi connectivity index (χ3n) is 6.17. The van der Waals surface area contributed by atoms with E-state index in [-0.39, 0.29) is 6.03 Å². The van der Waals surface area contributed by atoms with Crippen LogP contribution < -0.4 is 5.32 Å². The van der Waals surface area contributed by atoms with E-state index in [1.807, 2.05) is 0 Å². The highest BCUT2D eigenvalue weighted by atomic mass is 16.2. The van der Waals surface area contributed by atoms with Crippen LogP contribution in [0.25, 0.3) is 0 Å². The topological polar surface area (TPSA) is 35.6 Å². The smallest absolute Gasteiger partial charge is 0.317 e. The molecular weight excluding hydrogens is 298 g/mol. The molecule has 1 saturated carbocycles. The van der Waals surface area contributed by atoms with Crippen molar-refractivity contribution in [3.05, 3.63) is 35.9 Å². The Labute approximate surface area is 145 Å². The number of urea groups is 1. The van der Waals surface area contributed by atoms with Gasteiger partial charge >= 0.3 is 6.03 Å². The zero-order chi connectivity index (χ0) is 16.4. The Kier molecular flexibility index (Phi) is 4.74. The molecule has 1 aromatic carbocycles. The van der Waals surface area contributed by atoms with E-state index in [9.17, 15) is 4.79 Å². The number of fused-ring (bicyclic) bond motifs is 1. The summed E-state index contributed by atoms with van der Waals surface area (Å²) in [4.78, 5) is 17.0. The lowest BCUT2D eigenvalue weighted by molar-refractivity contribution is 0.203. The lowest BCUT2D eigenvalue weighted by Crippen LogP contribution is -2.41. The fraction of sp³-hybridized carbons (Fsp3) is 0.650. The first-order valence-electron chi connectivity index (χ1n) is 9.57. The van der Waals surface area contributed by atoms with Crippen molar-refractivity contribution < 1.29 is 4.79 Å². The fourth-order valence-corrected chi connectivity index (χ4v) is 4.81. The van der Waals surface area contributed by atoms with Gasteiger partial charge in [0.25, 0.3) is 0 Å². The molecule has 130 valence electrons. The summed E-state index contributed by atoms with van der Waals surface area (Å²) in [5.74, 6) is 2.16. The van der Waals surface area contributed by atoms with Crippen LogP contribution in [0.2, 0.25) is 0 Å². The van der Waals surface area contributed by atoms with E-state index in [4.69, 9.17) is 0 Å². The normalized spacial score (nSPS) is 29.8. The highest BCUT2D eigenvalue weighted by Crippen LogP contribution is 2.37. The monoisotopic (exact) mass is 327 g/mol. The van der Waals surface area contributed by atoms with Gasteiger partial charge in [0.05, 0.1) is 0 Å². The largest absolute Gasteiger partial charge is 0.338 e. The zero-order valence-corrected chi connectivity index (χ0v) is 14.5. The van der Waals surface area contributed by atoms with Crippen molar-refractivity contribution >= 4 is 6.03 Å². The molecule has 2 aliphatic heterocycles. The van der Waals surface area contributed by atoms with Crippen molar-refractivity contribution in [1.29, 1.82) is 0 Å². The van der Waals surface area contributed by atoms with Crippen molar-refractivity contribution in [1.82, 2.24) is 15.1 Å². The average molecular weight is 327 g/mol. The van der Waals surface area contributed by atoms with E-state index in [1.165, 1.54) is 31.2 Å². The molecule has 4 nitrogen and oxygen atoms in total. The average Bonchev–Trinajstić information content (AvgIpc) is 3.29. The minimum absolute atomic E-state index is 0.172. The summed E-state index contributed by atoms with van der Waals surface area (Å²) in [6.07, 6.45) is 5.21. The fourth-order valence-electron chi connectivity index (χ4n) is 4.81. The summed E-state index contributed by atoms with van der Waals surface area (Å²) in [7, 11) is 0. The summed E-state index contributed by atoms with van der Waals surface area (Å²) < 4.78 is 0. The van der Waals surface area contributed by atoms with Gasteiger partial charge in [-0.1, -0.05) is 36.8 Å². The number of nitrogens with zero attached hydrogens (tertiary/aromatic N) is 2. The van der Waals surface area contributed by atoms with Gasteiger partial charge in [-0.25, -0.2) is 4.79 Å². The van der Waals surface area contributed by atoms with E-state index in [2.05, 4.69) is 45.4 Å².